The number of thioether (sulfide) groups is 1. The Kier molecular flexibility index (Phi) is 4.68. The quantitative estimate of drug-likeness (QED) is 0.868. The van der Waals surface area contributed by atoms with Gasteiger partial charge >= 0.3 is 0 Å². The van der Waals surface area contributed by atoms with Crippen LogP contribution in [0.4, 0.5) is 0 Å². The number of fused-ring (bicyclic) bond motifs is 1. The van der Waals surface area contributed by atoms with Crippen molar-refractivity contribution in [3.8, 4) is 0 Å². The van der Waals surface area contributed by atoms with Gasteiger partial charge in [-0.1, -0.05) is 30.3 Å². The van der Waals surface area contributed by atoms with Crippen molar-refractivity contribution in [3.63, 3.8) is 0 Å². The molecule has 4 heteroatoms. The average Bonchev–Trinajstić information content (AvgIpc) is 3.23. The molecule has 3 aliphatic rings. The van der Waals surface area contributed by atoms with Crippen molar-refractivity contribution in [2.45, 2.75) is 37.5 Å². The van der Waals surface area contributed by atoms with Gasteiger partial charge in [0.15, 0.2) is 0 Å². The van der Waals surface area contributed by atoms with E-state index in [9.17, 15) is 5.11 Å². The van der Waals surface area contributed by atoms with Gasteiger partial charge in [-0.25, -0.2) is 0 Å². The molecule has 0 spiro atoms. The van der Waals surface area contributed by atoms with Gasteiger partial charge in [0, 0.05) is 38.0 Å². The Morgan fingerprint density at radius 2 is 2.09 bits per heavy atom. The Balaban J connectivity index is 1.31. The lowest BCUT2D eigenvalue weighted by Gasteiger charge is -2.27. The zero-order valence-electron chi connectivity index (χ0n) is 13.8. The second-order valence-corrected chi connectivity index (χ2v) is 8.80. The molecule has 0 aromatic heterocycles. The fraction of sp³-hybridized carbons (Fsp3) is 0.684. The third-order valence-corrected chi connectivity index (χ3v) is 7.19. The van der Waals surface area contributed by atoms with Crippen molar-refractivity contribution in [3.05, 3.63) is 35.9 Å². The molecule has 1 saturated carbocycles. The van der Waals surface area contributed by atoms with Gasteiger partial charge in [0.05, 0.1) is 5.60 Å². The predicted molar refractivity (Wildman–Crippen MR) is 96.6 cm³/mol. The highest BCUT2D eigenvalue weighted by Gasteiger charge is 2.43. The second-order valence-electron chi connectivity index (χ2n) is 7.70. The van der Waals surface area contributed by atoms with Gasteiger partial charge < -0.3 is 10.4 Å². The molecule has 1 aromatic carbocycles. The number of hydrogen-bond donors (Lipinski definition) is 2. The van der Waals surface area contributed by atoms with Crippen LogP contribution in [0.1, 0.15) is 24.8 Å². The monoisotopic (exact) mass is 332 g/mol. The van der Waals surface area contributed by atoms with Crippen LogP contribution >= 0.6 is 11.8 Å². The van der Waals surface area contributed by atoms with E-state index in [1.807, 2.05) is 11.8 Å². The van der Waals surface area contributed by atoms with Gasteiger partial charge in [0.25, 0.3) is 0 Å². The first-order valence-electron chi connectivity index (χ1n) is 9.02. The lowest BCUT2D eigenvalue weighted by atomic mass is 9.96. The fourth-order valence-corrected chi connectivity index (χ4v) is 5.93. The molecule has 23 heavy (non-hydrogen) atoms. The van der Waals surface area contributed by atoms with Crippen LogP contribution in [0.15, 0.2) is 30.3 Å². The summed E-state index contributed by atoms with van der Waals surface area (Å²) < 4.78 is 0. The molecule has 4 atom stereocenters. The molecule has 1 aromatic rings. The van der Waals surface area contributed by atoms with Crippen molar-refractivity contribution in [2.24, 2.45) is 11.8 Å². The van der Waals surface area contributed by atoms with Crippen LogP contribution in [0, 0.1) is 11.8 Å². The normalized spacial score (nSPS) is 37.3. The Labute approximate surface area is 143 Å². The van der Waals surface area contributed by atoms with E-state index in [2.05, 4.69) is 40.5 Å². The number of aliphatic hydroxyl groups is 1. The number of rotatable bonds is 5. The summed E-state index contributed by atoms with van der Waals surface area (Å²) in [6.45, 7) is 4.33. The van der Waals surface area contributed by atoms with Crippen molar-refractivity contribution >= 4 is 11.8 Å². The SMILES string of the molecule is O[C@]1(CN[C@@H]2CC[C@@H]3CN(Cc4ccccc4)C[C@@H]32)CCSC1. The van der Waals surface area contributed by atoms with E-state index < -0.39 is 5.60 Å². The van der Waals surface area contributed by atoms with E-state index >= 15 is 0 Å². The summed E-state index contributed by atoms with van der Waals surface area (Å²) in [5, 5.41) is 14.3. The third-order valence-electron chi connectivity index (χ3n) is 5.96. The molecule has 2 heterocycles. The Hall–Kier alpha value is -0.550. The zero-order chi connectivity index (χ0) is 15.7. The van der Waals surface area contributed by atoms with Crippen LogP contribution < -0.4 is 5.32 Å². The van der Waals surface area contributed by atoms with Gasteiger partial charge in [-0.15, -0.1) is 0 Å². The molecule has 126 valence electrons. The second kappa shape index (κ2) is 6.75. The Morgan fingerprint density at radius 1 is 1.22 bits per heavy atom. The van der Waals surface area contributed by atoms with Crippen LogP contribution in [-0.2, 0) is 6.54 Å². The molecular formula is C19H28N2OS. The van der Waals surface area contributed by atoms with E-state index in [0.29, 0.717) is 6.04 Å². The van der Waals surface area contributed by atoms with Gasteiger partial charge in [0.2, 0.25) is 0 Å². The molecule has 1 aliphatic carbocycles. The van der Waals surface area contributed by atoms with Crippen molar-refractivity contribution in [1.82, 2.24) is 10.2 Å². The topological polar surface area (TPSA) is 35.5 Å². The van der Waals surface area contributed by atoms with Crippen LogP contribution in [0.25, 0.3) is 0 Å². The summed E-state index contributed by atoms with van der Waals surface area (Å²) in [5.74, 6) is 3.64. The maximum atomic E-state index is 10.5. The summed E-state index contributed by atoms with van der Waals surface area (Å²) in [6.07, 6.45) is 3.59. The van der Waals surface area contributed by atoms with Crippen molar-refractivity contribution in [2.75, 3.05) is 31.1 Å². The Morgan fingerprint density at radius 3 is 2.87 bits per heavy atom. The fourth-order valence-electron chi connectivity index (χ4n) is 4.64. The molecule has 2 N–H and O–H groups in total. The minimum absolute atomic E-state index is 0.453. The maximum absolute atomic E-state index is 10.5. The number of hydrogen-bond acceptors (Lipinski definition) is 4. The van der Waals surface area contributed by atoms with E-state index in [-0.39, 0.29) is 0 Å². The van der Waals surface area contributed by atoms with Crippen LogP contribution in [0.5, 0.6) is 0 Å². The third kappa shape index (κ3) is 3.60. The molecular weight excluding hydrogens is 304 g/mol. The molecule has 2 saturated heterocycles. The summed E-state index contributed by atoms with van der Waals surface area (Å²) in [7, 11) is 0. The number of benzene rings is 1. The molecule has 0 bridgehead atoms. The van der Waals surface area contributed by atoms with Crippen molar-refractivity contribution < 1.29 is 5.11 Å². The predicted octanol–water partition coefficient (Wildman–Crippen LogP) is 2.35. The molecule has 3 nitrogen and oxygen atoms in total. The van der Waals surface area contributed by atoms with E-state index in [4.69, 9.17) is 0 Å². The standard InChI is InChI=1S/C19H28N2OS/c22-19(8-9-23-14-19)13-20-18-7-6-16-11-21(12-17(16)18)10-15-4-2-1-3-5-15/h1-5,16-18,20,22H,6-14H2/t16-,17+,18-,19+/m1/s1. The molecule has 3 fully saturated rings. The van der Waals surface area contributed by atoms with Crippen molar-refractivity contribution in [1.29, 1.82) is 0 Å². The zero-order valence-corrected chi connectivity index (χ0v) is 14.6. The largest absolute Gasteiger partial charge is 0.388 e. The van der Waals surface area contributed by atoms with Gasteiger partial charge in [0.1, 0.15) is 0 Å². The van der Waals surface area contributed by atoms with Gasteiger partial charge in [-0.2, -0.15) is 11.8 Å². The smallest absolute Gasteiger partial charge is 0.0869 e. The highest BCUT2D eigenvalue weighted by Crippen LogP contribution is 2.39. The maximum Gasteiger partial charge on any atom is 0.0869 e. The summed E-state index contributed by atoms with van der Waals surface area (Å²) in [6, 6.07) is 11.4. The first kappa shape index (κ1) is 15.9. The molecule has 4 rings (SSSR count). The lowest BCUT2D eigenvalue weighted by Crippen LogP contribution is -2.46. The number of likely N-dealkylation sites (tertiary alicyclic amines) is 1. The van der Waals surface area contributed by atoms with Crippen LogP contribution in [0.3, 0.4) is 0 Å². The van der Waals surface area contributed by atoms with E-state index in [1.165, 1.54) is 31.5 Å². The van der Waals surface area contributed by atoms with Gasteiger partial charge in [-0.05, 0) is 42.4 Å². The molecule has 0 amide bonds. The van der Waals surface area contributed by atoms with E-state index in [1.54, 1.807) is 0 Å². The summed E-state index contributed by atoms with van der Waals surface area (Å²) in [5.41, 5.74) is 0.972. The van der Waals surface area contributed by atoms with Crippen LogP contribution in [-0.4, -0.2) is 52.8 Å². The lowest BCUT2D eigenvalue weighted by molar-refractivity contribution is 0.0626. The first-order chi connectivity index (χ1) is 11.2. The summed E-state index contributed by atoms with van der Waals surface area (Å²) >= 11 is 1.89. The minimum atomic E-state index is -0.453. The van der Waals surface area contributed by atoms with Crippen LogP contribution in [0.2, 0.25) is 0 Å². The Bertz CT molecular complexity index is 517. The number of nitrogens with one attached hydrogen (secondary N) is 1. The molecule has 2 aliphatic heterocycles. The van der Waals surface area contributed by atoms with E-state index in [0.717, 1.165) is 42.9 Å². The minimum Gasteiger partial charge on any atom is -0.388 e. The molecule has 0 radical (unpaired) electrons. The highest BCUT2D eigenvalue weighted by atomic mass is 32.2. The van der Waals surface area contributed by atoms with Gasteiger partial charge in [-0.3, -0.25) is 4.90 Å². The molecule has 0 unspecified atom stereocenters. The first-order valence-corrected chi connectivity index (χ1v) is 10.2. The average molecular weight is 333 g/mol. The highest BCUT2D eigenvalue weighted by molar-refractivity contribution is 7.99. The number of nitrogens with zero attached hydrogens (tertiary/aromatic N) is 1. The summed E-state index contributed by atoms with van der Waals surface area (Å²) in [4.78, 5) is 2.62.